The van der Waals surface area contributed by atoms with Crippen molar-refractivity contribution in [1.29, 1.82) is 0 Å². The van der Waals surface area contributed by atoms with Crippen molar-refractivity contribution in [2.75, 3.05) is 11.9 Å². The second-order valence-corrected chi connectivity index (χ2v) is 4.46. The Morgan fingerprint density at radius 3 is 2.68 bits per heavy atom. The first-order valence-electron chi connectivity index (χ1n) is 6.54. The molecule has 0 aliphatic rings. The molecule has 1 aromatic heterocycles. The van der Waals surface area contributed by atoms with E-state index in [1.165, 1.54) is 5.56 Å². The summed E-state index contributed by atoms with van der Waals surface area (Å²) in [5.74, 6) is 0.766. The maximum absolute atomic E-state index is 9.47. The Kier molecular flexibility index (Phi) is 4.86. The van der Waals surface area contributed by atoms with Crippen molar-refractivity contribution >= 4 is 5.82 Å². The summed E-state index contributed by atoms with van der Waals surface area (Å²) in [6.45, 7) is 2.12. The maximum atomic E-state index is 9.47. The molecule has 0 saturated heterocycles. The molecule has 2 rings (SSSR count). The molecule has 4 heteroatoms. The van der Waals surface area contributed by atoms with Crippen LogP contribution >= 0.6 is 0 Å². The fraction of sp³-hybridized carbons (Fsp3) is 0.333. The number of aliphatic hydroxyl groups excluding tert-OH is 1. The van der Waals surface area contributed by atoms with E-state index in [1.807, 2.05) is 24.3 Å². The first-order valence-corrected chi connectivity index (χ1v) is 6.54. The van der Waals surface area contributed by atoms with Crippen LogP contribution in [0, 0.1) is 0 Å². The summed E-state index contributed by atoms with van der Waals surface area (Å²) in [6, 6.07) is 12.0. The monoisotopic (exact) mass is 257 g/mol. The highest BCUT2D eigenvalue weighted by atomic mass is 16.3. The fourth-order valence-corrected chi connectivity index (χ4v) is 1.94. The highest BCUT2D eigenvalue weighted by Gasteiger charge is 2.09. The number of nitrogens with zero attached hydrogens (tertiary/aromatic N) is 2. The minimum absolute atomic E-state index is 0.0398. The summed E-state index contributed by atoms with van der Waals surface area (Å²) in [5.41, 5.74) is 2.19. The minimum Gasteiger partial charge on any atom is -0.394 e. The summed E-state index contributed by atoms with van der Waals surface area (Å²) < 4.78 is 0. The van der Waals surface area contributed by atoms with Gasteiger partial charge in [0, 0.05) is 11.8 Å². The predicted molar refractivity (Wildman–Crippen MR) is 76.1 cm³/mol. The fourth-order valence-electron chi connectivity index (χ4n) is 1.94. The van der Waals surface area contributed by atoms with Crippen LogP contribution in [0.15, 0.2) is 42.7 Å². The van der Waals surface area contributed by atoms with E-state index in [0.717, 1.165) is 24.4 Å². The maximum Gasteiger partial charge on any atom is 0.129 e. The van der Waals surface area contributed by atoms with Crippen molar-refractivity contribution in [3.63, 3.8) is 0 Å². The van der Waals surface area contributed by atoms with Crippen molar-refractivity contribution in [3.8, 4) is 0 Å². The van der Waals surface area contributed by atoms with Gasteiger partial charge in [-0.1, -0.05) is 37.3 Å². The van der Waals surface area contributed by atoms with Crippen LogP contribution in [0.5, 0.6) is 0 Å². The Morgan fingerprint density at radius 2 is 2.00 bits per heavy atom. The molecule has 0 unspecified atom stereocenters. The molecule has 4 nitrogen and oxygen atoms in total. The average Bonchev–Trinajstić information content (AvgIpc) is 2.48. The summed E-state index contributed by atoms with van der Waals surface area (Å²) in [5, 5.41) is 12.7. The molecule has 0 bridgehead atoms. The number of aromatic nitrogens is 2. The van der Waals surface area contributed by atoms with Gasteiger partial charge in [-0.3, -0.25) is 0 Å². The molecule has 0 saturated carbocycles. The molecule has 0 spiro atoms. The third-order valence-electron chi connectivity index (χ3n) is 2.98. The van der Waals surface area contributed by atoms with Gasteiger partial charge >= 0.3 is 0 Å². The summed E-state index contributed by atoms with van der Waals surface area (Å²) in [4.78, 5) is 8.34. The van der Waals surface area contributed by atoms with E-state index in [4.69, 9.17) is 0 Å². The van der Waals surface area contributed by atoms with E-state index in [-0.39, 0.29) is 12.6 Å². The van der Waals surface area contributed by atoms with E-state index < -0.39 is 0 Å². The van der Waals surface area contributed by atoms with Gasteiger partial charge in [-0.2, -0.15) is 0 Å². The van der Waals surface area contributed by atoms with Gasteiger partial charge in [0.25, 0.3) is 0 Å². The minimum atomic E-state index is -0.0398. The first kappa shape index (κ1) is 13.5. The molecule has 0 radical (unpaired) electrons. The Balaban J connectivity index is 2.02. The van der Waals surface area contributed by atoms with Gasteiger partial charge in [0.15, 0.2) is 0 Å². The molecule has 1 aromatic carbocycles. The average molecular weight is 257 g/mol. The zero-order valence-electron chi connectivity index (χ0n) is 11.1. The summed E-state index contributed by atoms with van der Waals surface area (Å²) >= 11 is 0. The smallest absolute Gasteiger partial charge is 0.129 e. The predicted octanol–water partition coefficient (Wildman–Crippen LogP) is 2.05. The van der Waals surface area contributed by atoms with Gasteiger partial charge in [-0.15, -0.1) is 0 Å². The van der Waals surface area contributed by atoms with E-state index in [9.17, 15) is 5.11 Å². The van der Waals surface area contributed by atoms with Gasteiger partial charge in [-0.05, 0) is 18.4 Å². The molecule has 0 amide bonds. The van der Waals surface area contributed by atoms with Crippen LogP contribution in [-0.2, 0) is 12.8 Å². The highest BCUT2D eigenvalue weighted by molar-refractivity contribution is 5.36. The normalized spacial score (nSPS) is 12.1. The largest absolute Gasteiger partial charge is 0.394 e. The standard InChI is InChI=1S/C15H19N3O/c1-2-13-9-15(17-11-16-13)18-14(10-19)8-12-6-4-3-5-7-12/h3-7,9,11,14,19H,2,8,10H2,1H3,(H,16,17,18)/t14-/m0/s1. The van der Waals surface area contributed by atoms with Crippen molar-refractivity contribution < 1.29 is 5.11 Å². The number of aliphatic hydroxyl groups is 1. The molecule has 2 aromatic rings. The molecule has 0 aliphatic heterocycles. The lowest BCUT2D eigenvalue weighted by Crippen LogP contribution is -2.27. The third-order valence-corrected chi connectivity index (χ3v) is 2.98. The van der Waals surface area contributed by atoms with Crippen LogP contribution in [0.1, 0.15) is 18.2 Å². The first-order chi connectivity index (χ1) is 9.31. The molecule has 19 heavy (non-hydrogen) atoms. The van der Waals surface area contributed by atoms with Crippen LogP contribution in [0.25, 0.3) is 0 Å². The zero-order valence-corrected chi connectivity index (χ0v) is 11.1. The highest BCUT2D eigenvalue weighted by Crippen LogP contribution is 2.10. The molecule has 0 fully saturated rings. The number of nitrogens with one attached hydrogen (secondary N) is 1. The van der Waals surface area contributed by atoms with E-state index in [0.29, 0.717) is 0 Å². The third kappa shape index (κ3) is 4.03. The van der Waals surface area contributed by atoms with Crippen molar-refractivity contribution in [3.05, 3.63) is 54.0 Å². The lowest BCUT2D eigenvalue weighted by Gasteiger charge is -2.17. The molecule has 2 N–H and O–H groups in total. The number of hydrogen-bond donors (Lipinski definition) is 2. The van der Waals surface area contributed by atoms with Crippen molar-refractivity contribution in [1.82, 2.24) is 9.97 Å². The van der Waals surface area contributed by atoms with E-state index >= 15 is 0 Å². The van der Waals surface area contributed by atoms with E-state index in [1.54, 1.807) is 6.33 Å². The van der Waals surface area contributed by atoms with Crippen LogP contribution in [-0.4, -0.2) is 27.7 Å². The van der Waals surface area contributed by atoms with Crippen molar-refractivity contribution in [2.24, 2.45) is 0 Å². The molecular weight excluding hydrogens is 238 g/mol. The van der Waals surface area contributed by atoms with E-state index in [2.05, 4.69) is 34.3 Å². The Bertz CT molecular complexity index is 502. The number of hydrogen-bond acceptors (Lipinski definition) is 4. The van der Waals surface area contributed by atoms with Gasteiger partial charge in [0.1, 0.15) is 12.1 Å². The van der Waals surface area contributed by atoms with Crippen LogP contribution in [0.3, 0.4) is 0 Å². The molecule has 100 valence electrons. The lowest BCUT2D eigenvalue weighted by molar-refractivity contribution is 0.273. The topological polar surface area (TPSA) is 58.0 Å². The molecule has 1 heterocycles. The molecular formula is C15H19N3O. The van der Waals surface area contributed by atoms with Crippen LogP contribution in [0.4, 0.5) is 5.82 Å². The Morgan fingerprint density at radius 1 is 1.21 bits per heavy atom. The van der Waals surface area contributed by atoms with Gasteiger partial charge < -0.3 is 10.4 Å². The lowest BCUT2D eigenvalue weighted by atomic mass is 10.1. The second-order valence-electron chi connectivity index (χ2n) is 4.46. The van der Waals surface area contributed by atoms with Crippen LogP contribution < -0.4 is 5.32 Å². The van der Waals surface area contributed by atoms with Crippen molar-refractivity contribution in [2.45, 2.75) is 25.8 Å². The van der Waals surface area contributed by atoms with Gasteiger partial charge in [0.05, 0.1) is 12.6 Å². The quantitative estimate of drug-likeness (QED) is 0.831. The Hall–Kier alpha value is -1.94. The SMILES string of the molecule is CCc1cc(N[C@H](CO)Cc2ccccc2)ncn1. The number of benzene rings is 1. The number of rotatable bonds is 6. The molecule has 1 atom stereocenters. The van der Waals surface area contributed by atoms with Gasteiger partial charge in [0.2, 0.25) is 0 Å². The summed E-state index contributed by atoms with van der Waals surface area (Å²) in [6.07, 6.45) is 3.20. The van der Waals surface area contributed by atoms with Gasteiger partial charge in [-0.25, -0.2) is 9.97 Å². The molecule has 0 aliphatic carbocycles. The summed E-state index contributed by atoms with van der Waals surface area (Å²) in [7, 11) is 0. The number of aryl methyl sites for hydroxylation is 1. The number of anilines is 1. The second kappa shape index (κ2) is 6.85. The van der Waals surface area contributed by atoms with Crippen LogP contribution in [0.2, 0.25) is 0 Å². The Labute approximate surface area is 113 Å². The zero-order chi connectivity index (χ0) is 13.5.